The predicted octanol–water partition coefficient (Wildman–Crippen LogP) is 2.22. The summed E-state index contributed by atoms with van der Waals surface area (Å²) in [6.07, 6.45) is 11.2. The van der Waals surface area contributed by atoms with Crippen LogP contribution >= 0.6 is 0 Å². The van der Waals surface area contributed by atoms with Crippen molar-refractivity contribution in [3.8, 4) is 0 Å². The molecule has 0 aromatic carbocycles. The molecular weight excluding hydrogens is 280 g/mol. The van der Waals surface area contributed by atoms with E-state index in [0.717, 1.165) is 13.0 Å². The van der Waals surface area contributed by atoms with Crippen molar-refractivity contribution >= 4 is 11.9 Å². The second-order valence-corrected chi connectivity index (χ2v) is 5.77. The molecular formula is C16H34N4O2. The summed E-state index contributed by atoms with van der Waals surface area (Å²) in [7, 11) is 0. The lowest BCUT2D eigenvalue weighted by molar-refractivity contribution is -0.139. The van der Waals surface area contributed by atoms with Crippen molar-refractivity contribution in [2.45, 2.75) is 77.2 Å². The van der Waals surface area contributed by atoms with Crippen LogP contribution in [-0.2, 0) is 4.79 Å². The van der Waals surface area contributed by atoms with Gasteiger partial charge in [-0.05, 0) is 25.8 Å². The number of nitrogens with zero attached hydrogens (tertiary/aromatic N) is 1. The first-order valence-corrected chi connectivity index (χ1v) is 8.59. The highest BCUT2D eigenvalue weighted by Gasteiger charge is 2.15. The van der Waals surface area contributed by atoms with Gasteiger partial charge in [-0.15, -0.1) is 0 Å². The lowest BCUT2D eigenvalue weighted by Crippen LogP contribution is -2.37. The molecule has 0 fully saturated rings. The first-order chi connectivity index (χ1) is 10.6. The topological polar surface area (TPSA) is 114 Å². The van der Waals surface area contributed by atoms with Crippen molar-refractivity contribution in [2.75, 3.05) is 13.1 Å². The normalized spacial score (nSPS) is 12.0. The van der Waals surface area contributed by atoms with E-state index < -0.39 is 12.0 Å². The van der Waals surface area contributed by atoms with Gasteiger partial charge in [-0.25, -0.2) is 0 Å². The van der Waals surface area contributed by atoms with Crippen LogP contribution in [0.15, 0.2) is 4.99 Å². The molecule has 6 N–H and O–H groups in total. The second kappa shape index (κ2) is 14.6. The summed E-state index contributed by atoms with van der Waals surface area (Å²) in [5, 5.41) is 12.3. The van der Waals surface area contributed by atoms with Crippen molar-refractivity contribution in [2.24, 2.45) is 16.5 Å². The van der Waals surface area contributed by atoms with Crippen LogP contribution in [0.3, 0.4) is 0 Å². The Kier molecular flexibility index (Phi) is 13.8. The molecule has 0 aromatic rings. The molecule has 0 aliphatic carbocycles. The summed E-state index contributed by atoms with van der Waals surface area (Å²) in [5.41, 5.74) is 10.5. The summed E-state index contributed by atoms with van der Waals surface area (Å²) in [6, 6.07) is -0.501. The molecule has 0 saturated carbocycles. The van der Waals surface area contributed by atoms with Crippen LogP contribution in [0, 0.1) is 0 Å². The Morgan fingerprint density at radius 2 is 1.64 bits per heavy atom. The van der Waals surface area contributed by atoms with Crippen molar-refractivity contribution < 1.29 is 9.90 Å². The van der Waals surface area contributed by atoms with Crippen LogP contribution in [0.5, 0.6) is 0 Å². The Balaban J connectivity index is 3.57. The molecule has 0 unspecified atom stereocenters. The van der Waals surface area contributed by atoms with E-state index in [0.29, 0.717) is 19.4 Å². The molecule has 130 valence electrons. The minimum atomic E-state index is -0.802. The van der Waals surface area contributed by atoms with Gasteiger partial charge in [-0.2, -0.15) is 0 Å². The van der Waals surface area contributed by atoms with Crippen LogP contribution < -0.4 is 16.8 Å². The van der Waals surface area contributed by atoms with E-state index in [4.69, 9.17) is 16.6 Å². The Bertz CT molecular complexity index is 305. The average molecular weight is 314 g/mol. The van der Waals surface area contributed by atoms with Gasteiger partial charge >= 0.3 is 5.97 Å². The molecule has 0 aliphatic rings. The quantitative estimate of drug-likeness (QED) is 0.210. The molecule has 0 radical (unpaired) electrons. The largest absolute Gasteiger partial charge is 0.480 e. The fourth-order valence-electron chi connectivity index (χ4n) is 2.35. The van der Waals surface area contributed by atoms with Gasteiger partial charge in [0, 0.05) is 6.54 Å². The molecule has 0 rings (SSSR count). The van der Waals surface area contributed by atoms with Crippen LogP contribution in [0.2, 0.25) is 0 Å². The summed E-state index contributed by atoms with van der Waals surface area (Å²) < 4.78 is 0. The van der Waals surface area contributed by atoms with Gasteiger partial charge in [0.1, 0.15) is 6.04 Å². The van der Waals surface area contributed by atoms with Gasteiger partial charge in [0.25, 0.3) is 0 Å². The minimum absolute atomic E-state index is 0.0544. The van der Waals surface area contributed by atoms with Crippen molar-refractivity contribution in [3.63, 3.8) is 0 Å². The molecule has 0 aromatic heterocycles. The minimum Gasteiger partial charge on any atom is -0.480 e. The summed E-state index contributed by atoms with van der Waals surface area (Å²) in [4.78, 5) is 15.0. The number of nitrogens with two attached hydrogens (primary N) is 2. The lowest BCUT2D eigenvalue weighted by Gasteiger charge is -2.13. The number of carbonyl (C=O) groups is 1. The maximum atomic E-state index is 11.1. The zero-order valence-electron chi connectivity index (χ0n) is 14.0. The number of unbranched alkanes of at least 4 members (excludes halogenated alkanes) is 7. The average Bonchev–Trinajstić information content (AvgIpc) is 2.47. The van der Waals surface area contributed by atoms with E-state index in [1.54, 1.807) is 0 Å². The molecule has 0 heterocycles. The maximum absolute atomic E-state index is 11.1. The van der Waals surface area contributed by atoms with Gasteiger partial charge < -0.3 is 21.9 Å². The van der Waals surface area contributed by atoms with Gasteiger partial charge in [-0.3, -0.25) is 9.79 Å². The van der Waals surface area contributed by atoms with Gasteiger partial charge in [-0.1, -0.05) is 51.9 Å². The Morgan fingerprint density at radius 3 is 2.18 bits per heavy atom. The number of hydrogen-bond acceptors (Lipinski definition) is 3. The van der Waals surface area contributed by atoms with Crippen LogP contribution in [-0.4, -0.2) is 36.2 Å². The highest BCUT2D eigenvalue weighted by Crippen LogP contribution is 2.08. The van der Waals surface area contributed by atoms with Crippen LogP contribution in [0.4, 0.5) is 0 Å². The molecule has 6 heteroatoms. The van der Waals surface area contributed by atoms with Crippen LogP contribution in [0.1, 0.15) is 71.1 Å². The van der Waals surface area contributed by atoms with Crippen molar-refractivity contribution in [1.29, 1.82) is 0 Å². The fourth-order valence-corrected chi connectivity index (χ4v) is 2.35. The highest BCUT2D eigenvalue weighted by molar-refractivity contribution is 5.75. The number of aliphatic imine (C=N–C) groups is 1. The van der Waals surface area contributed by atoms with E-state index in [2.05, 4.69) is 17.2 Å². The Hall–Kier alpha value is -1.30. The summed E-state index contributed by atoms with van der Waals surface area (Å²) in [5.74, 6) is -0.747. The third-order valence-electron chi connectivity index (χ3n) is 3.66. The number of carboxylic acid groups (broad SMARTS) is 1. The molecule has 0 aliphatic heterocycles. The zero-order chi connectivity index (χ0) is 16.6. The summed E-state index contributed by atoms with van der Waals surface area (Å²) >= 11 is 0. The van der Waals surface area contributed by atoms with E-state index >= 15 is 0 Å². The lowest BCUT2D eigenvalue weighted by atomic mass is 10.1. The maximum Gasteiger partial charge on any atom is 0.320 e. The third kappa shape index (κ3) is 13.7. The molecule has 0 saturated heterocycles. The smallest absolute Gasteiger partial charge is 0.320 e. The predicted molar refractivity (Wildman–Crippen MR) is 91.9 cm³/mol. The van der Waals surface area contributed by atoms with Crippen LogP contribution in [0.25, 0.3) is 0 Å². The number of hydrogen-bond donors (Lipinski definition) is 4. The first kappa shape index (κ1) is 20.7. The number of rotatable bonds is 15. The molecule has 0 amide bonds. The zero-order valence-corrected chi connectivity index (χ0v) is 14.0. The molecule has 0 bridgehead atoms. The van der Waals surface area contributed by atoms with Crippen molar-refractivity contribution in [3.05, 3.63) is 0 Å². The number of aliphatic carboxylic acids is 1. The first-order valence-electron chi connectivity index (χ1n) is 8.59. The van der Waals surface area contributed by atoms with E-state index in [1.807, 2.05) is 0 Å². The fraction of sp³-hybridized carbons (Fsp3) is 0.875. The van der Waals surface area contributed by atoms with E-state index in [-0.39, 0.29) is 5.96 Å². The van der Waals surface area contributed by atoms with Gasteiger partial charge in [0.15, 0.2) is 5.96 Å². The van der Waals surface area contributed by atoms with Gasteiger partial charge in [0.05, 0.1) is 0 Å². The Morgan fingerprint density at radius 1 is 1.05 bits per heavy atom. The third-order valence-corrected chi connectivity index (χ3v) is 3.66. The molecule has 22 heavy (non-hydrogen) atoms. The second-order valence-electron chi connectivity index (χ2n) is 5.77. The molecule has 0 spiro atoms. The summed E-state index contributed by atoms with van der Waals surface area (Å²) in [6.45, 7) is 3.46. The number of guanidine groups is 1. The van der Waals surface area contributed by atoms with E-state index in [1.165, 1.54) is 44.9 Å². The molecule has 1 atom stereocenters. The Labute approximate surface area is 134 Å². The molecule has 6 nitrogen and oxygen atoms in total. The SMILES string of the molecule is CCCCCCCCCCN[C@@H](CCCN=C(N)N)C(=O)O. The van der Waals surface area contributed by atoms with E-state index in [9.17, 15) is 4.79 Å². The van der Waals surface area contributed by atoms with Gasteiger partial charge in [0.2, 0.25) is 0 Å². The monoisotopic (exact) mass is 314 g/mol. The standard InChI is InChI=1S/C16H34N4O2/c1-2-3-4-5-6-7-8-9-12-19-14(15(21)22)11-10-13-20-16(17)18/h14,19H,2-13H2,1H3,(H,21,22)(H4,17,18,20)/t14-/m0/s1. The number of carboxylic acids is 1. The number of nitrogens with one attached hydrogen (secondary N) is 1. The highest BCUT2D eigenvalue weighted by atomic mass is 16.4. The van der Waals surface area contributed by atoms with Crippen molar-refractivity contribution in [1.82, 2.24) is 5.32 Å².